The molecule has 0 spiro atoms. The van der Waals surface area contributed by atoms with Crippen LogP contribution in [-0.2, 0) is 18.6 Å². The van der Waals surface area contributed by atoms with Crippen molar-refractivity contribution in [2.24, 2.45) is 0 Å². The zero-order valence-corrected chi connectivity index (χ0v) is 13.3. The Bertz CT molecular complexity index is 278. The van der Waals surface area contributed by atoms with Crippen molar-refractivity contribution in [1.82, 2.24) is 0 Å². The number of carbonyl (C=O) groups excluding carboxylic acids is 2. The zero-order valence-electron chi connectivity index (χ0n) is 11.5. The molecule has 0 rings (SSSR count). The SMILES string of the molecule is CP(C)(C)(C)OC(=O)C(=O)OP(C)(C)(C)C. The Morgan fingerprint density at radius 3 is 0.938 bits per heavy atom. The normalized spacial score (nSPS) is 17.5. The summed E-state index contributed by atoms with van der Waals surface area (Å²) in [6, 6.07) is 0. The zero-order chi connectivity index (χ0) is 13.5. The molecule has 4 nitrogen and oxygen atoms in total. The molecule has 16 heavy (non-hydrogen) atoms. The van der Waals surface area contributed by atoms with Crippen LogP contribution in [0.1, 0.15) is 0 Å². The van der Waals surface area contributed by atoms with Gasteiger partial charge in [-0.05, 0) is 0 Å². The van der Waals surface area contributed by atoms with Crippen molar-refractivity contribution in [2.45, 2.75) is 0 Å². The predicted octanol–water partition coefficient (Wildman–Crippen LogP) is 2.05. The van der Waals surface area contributed by atoms with Gasteiger partial charge >= 0.3 is 97.6 Å². The van der Waals surface area contributed by atoms with E-state index < -0.39 is 25.6 Å². The summed E-state index contributed by atoms with van der Waals surface area (Å²) in [5.41, 5.74) is 0. The van der Waals surface area contributed by atoms with E-state index in [-0.39, 0.29) is 0 Å². The Morgan fingerprint density at radius 1 is 0.625 bits per heavy atom. The van der Waals surface area contributed by atoms with E-state index in [1.165, 1.54) is 0 Å². The van der Waals surface area contributed by atoms with Crippen molar-refractivity contribution < 1.29 is 18.6 Å². The number of hydrogen-bond donors (Lipinski definition) is 0. The maximum atomic E-state index is 11.5. The second kappa shape index (κ2) is 3.65. The summed E-state index contributed by atoms with van der Waals surface area (Å²) in [5, 5.41) is 0. The summed E-state index contributed by atoms with van der Waals surface area (Å²) in [5.74, 6) is -1.76. The number of hydrogen-bond acceptors (Lipinski definition) is 4. The molecule has 0 aliphatic rings. The van der Waals surface area contributed by atoms with Crippen molar-refractivity contribution in [1.29, 1.82) is 0 Å². The van der Waals surface area contributed by atoms with Gasteiger partial charge in [-0.25, -0.2) is 0 Å². The third-order valence-electron chi connectivity index (χ3n) is 1.06. The molecule has 0 unspecified atom stereocenters. The molecule has 0 aromatic heterocycles. The van der Waals surface area contributed by atoms with Crippen molar-refractivity contribution in [3.63, 3.8) is 0 Å². The molecule has 0 heterocycles. The fraction of sp³-hybridized carbons (Fsp3) is 0.800. The van der Waals surface area contributed by atoms with Crippen molar-refractivity contribution in [3.8, 4) is 0 Å². The molecule has 0 radical (unpaired) electrons. The van der Waals surface area contributed by atoms with Crippen LogP contribution in [0.2, 0.25) is 0 Å². The average molecular weight is 270 g/mol. The van der Waals surface area contributed by atoms with E-state index in [9.17, 15) is 9.59 Å². The van der Waals surface area contributed by atoms with Crippen molar-refractivity contribution in [2.75, 3.05) is 53.3 Å². The average Bonchev–Trinajstić information content (AvgIpc) is 1.74. The third-order valence-corrected chi connectivity index (χ3v) is 2.86. The summed E-state index contributed by atoms with van der Waals surface area (Å²) in [4.78, 5) is 23.1. The van der Waals surface area contributed by atoms with Gasteiger partial charge in [0.15, 0.2) is 0 Å². The molecule has 0 aromatic carbocycles. The Labute approximate surface area is 98.1 Å². The van der Waals surface area contributed by atoms with Crippen molar-refractivity contribution in [3.05, 3.63) is 0 Å². The summed E-state index contributed by atoms with van der Waals surface area (Å²) < 4.78 is 10.4. The van der Waals surface area contributed by atoms with Gasteiger partial charge in [0.25, 0.3) is 0 Å². The van der Waals surface area contributed by atoms with E-state index >= 15 is 0 Å². The molecule has 0 saturated carbocycles. The molecule has 0 saturated heterocycles. The van der Waals surface area contributed by atoms with Gasteiger partial charge in [0.1, 0.15) is 0 Å². The molecular weight excluding hydrogens is 246 g/mol. The van der Waals surface area contributed by atoms with Crippen LogP contribution in [-0.4, -0.2) is 65.3 Å². The molecule has 0 atom stereocenters. The van der Waals surface area contributed by atoms with Crippen LogP contribution in [0.15, 0.2) is 0 Å². The molecule has 0 N–H and O–H groups in total. The molecule has 98 valence electrons. The van der Waals surface area contributed by atoms with Gasteiger partial charge < -0.3 is 0 Å². The first-order valence-corrected chi connectivity index (χ1v) is 12.9. The van der Waals surface area contributed by atoms with Gasteiger partial charge in [0, 0.05) is 0 Å². The van der Waals surface area contributed by atoms with Gasteiger partial charge in [-0.15, -0.1) is 0 Å². The predicted molar refractivity (Wildman–Crippen MR) is 73.4 cm³/mol. The van der Waals surface area contributed by atoms with Gasteiger partial charge in [0.2, 0.25) is 0 Å². The van der Waals surface area contributed by atoms with Crippen LogP contribution < -0.4 is 0 Å². The molecule has 6 heteroatoms. The summed E-state index contributed by atoms with van der Waals surface area (Å²) >= 11 is 0. The van der Waals surface area contributed by atoms with E-state index in [4.69, 9.17) is 9.05 Å². The minimum absolute atomic E-state index is 0.880. The second-order valence-corrected chi connectivity index (χ2v) is 21.6. The molecule has 0 fully saturated rings. The third kappa shape index (κ3) is 9.06. The molecule has 0 aliphatic heterocycles. The first-order valence-electron chi connectivity index (χ1n) is 5.01. The monoisotopic (exact) mass is 270 g/mol. The standard InChI is InChI=1S/C10H24O4P2/c1-15(2,3,4)13-9(11)10(12)14-16(5,6,7)8/h1-8H3. The summed E-state index contributed by atoms with van der Waals surface area (Å²) in [7, 11) is 0. The Kier molecular flexibility index (Phi) is 3.60. The van der Waals surface area contributed by atoms with Gasteiger partial charge in [0.05, 0.1) is 0 Å². The van der Waals surface area contributed by atoms with Crippen molar-refractivity contribution >= 4 is 25.6 Å². The van der Waals surface area contributed by atoms with E-state index in [2.05, 4.69) is 0 Å². The minimum atomic E-state index is -2.48. The summed E-state index contributed by atoms with van der Waals surface area (Å²) in [6.07, 6.45) is 0. The Hall–Kier alpha value is -0.200. The van der Waals surface area contributed by atoms with E-state index in [1.54, 1.807) is 0 Å². The molecule has 0 aliphatic carbocycles. The van der Waals surface area contributed by atoms with Crippen LogP contribution in [0.4, 0.5) is 0 Å². The quantitative estimate of drug-likeness (QED) is 0.569. The van der Waals surface area contributed by atoms with Gasteiger partial charge in [-0.1, -0.05) is 0 Å². The van der Waals surface area contributed by atoms with E-state index in [0.29, 0.717) is 0 Å². The maximum absolute atomic E-state index is 11.5. The number of rotatable bonds is 2. The van der Waals surface area contributed by atoms with Crippen LogP contribution in [0.5, 0.6) is 0 Å². The molecule has 0 bridgehead atoms. The van der Waals surface area contributed by atoms with Crippen LogP contribution >= 0.6 is 13.7 Å². The van der Waals surface area contributed by atoms with Crippen LogP contribution in [0.3, 0.4) is 0 Å². The Balaban J connectivity index is 4.64. The summed E-state index contributed by atoms with van der Waals surface area (Å²) in [6.45, 7) is 9.87. The molecule has 0 aromatic rings. The van der Waals surface area contributed by atoms with E-state index in [0.717, 1.165) is 0 Å². The molecule has 0 amide bonds. The van der Waals surface area contributed by atoms with Gasteiger partial charge in [-0.3, -0.25) is 0 Å². The van der Waals surface area contributed by atoms with E-state index in [1.807, 2.05) is 53.3 Å². The van der Waals surface area contributed by atoms with Crippen LogP contribution in [0.25, 0.3) is 0 Å². The number of carbonyl (C=O) groups is 2. The topological polar surface area (TPSA) is 52.6 Å². The second-order valence-electron chi connectivity index (χ2n) is 7.58. The first kappa shape index (κ1) is 15.8. The molecular formula is C10H24O4P2. The van der Waals surface area contributed by atoms with Crippen LogP contribution in [0, 0.1) is 0 Å². The first-order chi connectivity index (χ1) is 6.51. The Morgan fingerprint density at radius 2 is 0.812 bits per heavy atom. The fourth-order valence-corrected chi connectivity index (χ4v) is 2.21. The van der Waals surface area contributed by atoms with Gasteiger partial charge in [-0.2, -0.15) is 0 Å². The fourth-order valence-electron chi connectivity index (χ4n) is 0.738.